The fraction of sp³-hybridized carbons (Fsp3) is 0.333. The van der Waals surface area contributed by atoms with Gasteiger partial charge < -0.3 is 4.57 Å². The molecule has 0 N–H and O–H groups in total. The van der Waals surface area contributed by atoms with E-state index in [1.54, 1.807) is 0 Å². The van der Waals surface area contributed by atoms with E-state index in [1.807, 2.05) is 69.2 Å². The Bertz CT molecular complexity index is 1920. The van der Waals surface area contributed by atoms with E-state index >= 15 is 0 Å². The molecular formula is C45H60N2. The molecule has 7 rings (SSSR count). The minimum Gasteiger partial charge on any atom is -0.327 e. The Balaban J connectivity index is 0.000000706. The van der Waals surface area contributed by atoms with E-state index in [9.17, 15) is 0 Å². The molecule has 0 radical (unpaired) electrons. The van der Waals surface area contributed by atoms with Crippen molar-refractivity contribution in [2.45, 2.75) is 88.7 Å². The highest BCUT2D eigenvalue weighted by atomic mass is 15.2. The van der Waals surface area contributed by atoms with Crippen LogP contribution in [-0.4, -0.2) is 23.6 Å². The van der Waals surface area contributed by atoms with Crippen LogP contribution in [0.25, 0.3) is 54.1 Å². The van der Waals surface area contributed by atoms with Crippen LogP contribution in [0.15, 0.2) is 109 Å². The van der Waals surface area contributed by atoms with Gasteiger partial charge in [0, 0.05) is 16.7 Å². The predicted octanol–water partition coefficient (Wildman–Crippen LogP) is 14.1. The van der Waals surface area contributed by atoms with Gasteiger partial charge in [-0.3, -0.25) is 4.90 Å². The third kappa shape index (κ3) is 8.06. The van der Waals surface area contributed by atoms with E-state index in [-0.39, 0.29) is 5.92 Å². The van der Waals surface area contributed by atoms with Gasteiger partial charge in [0.1, 0.15) is 0 Å². The third-order valence-corrected chi connectivity index (χ3v) is 7.99. The smallest absolute Gasteiger partial charge is 0.0752 e. The molecule has 1 atom stereocenters. The van der Waals surface area contributed by atoms with Crippen molar-refractivity contribution in [2.24, 2.45) is 0 Å². The third-order valence-electron chi connectivity index (χ3n) is 7.99. The van der Waals surface area contributed by atoms with Gasteiger partial charge in [-0.05, 0) is 75.7 Å². The zero-order valence-electron chi connectivity index (χ0n) is 31.6. The summed E-state index contributed by atoms with van der Waals surface area (Å²) in [6.45, 7) is 23.2. The number of rotatable bonds is 4. The molecule has 1 unspecified atom stereocenters. The van der Waals surface area contributed by atoms with Crippen LogP contribution in [0.5, 0.6) is 0 Å². The quantitative estimate of drug-likeness (QED) is 0.176. The fourth-order valence-corrected chi connectivity index (χ4v) is 6.16. The molecule has 0 amide bonds. The molecule has 0 fully saturated rings. The first-order valence-electron chi connectivity index (χ1n) is 18.1. The Hall–Kier alpha value is -4.14. The molecule has 6 aromatic carbocycles. The van der Waals surface area contributed by atoms with E-state index < -0.39 is 0 Å². The molecule has 0 spiro atoms. The second kappa shape index (κ2) is 19.5. The maximum Gasteiger partial charge on any atom is 0.0752 e. The number of para-hydroxylation sites is 1. The normalized spacial score (nSPS) is 10.9. The average Bonchev–Trinajstić information content (AvgIpc) is 3.47. The highest BCUT2D eigenvalue weighted by Gasteiger charge is 2.16. The largest absolute Gasteiger partial charge is 0.327 e. The van der Waals surface area contributed by atoms with E-state index in [2.05, 4.69) is 140 Å². The second-order valence-electron chi connectivity index (χ2n) is 10.6. The summed E-state index contributed by atoms with van der Waals surface area (Å²) in [5, 5.41) is 10.6. The number of aromatic nitrogens is 1. The van der Waals surface area contributed by atoms with Gasteiger partial charge in [-0.1, -0.05) is 167 Å². The molecule has 250 valence electrons. The lowest BCUT2D eigenvalue weighted by molar-refractivity contribution is 0.338. The second-order valence-corrected chi connectivity index (χ2v) is 10.6. The number of hydrogen-bond donors (Lipinski definition) is 0. The lowest BCUT2D eigenvalue weighted by Crippen LogP contribution is -2.16. The summed E-state index contributed by atoms with van der Waals surface area (Å²) in [5.41, 5.74) is 5.29. The first-order valence-corrected chi connectivity index (χ1v) is 18.1. The molecular weight excluding hydrogens is 569 g/mol. The van der Waals surface area contributed by atoms with Crippen molar-refractivity contribution in [3.05, 3.63) is 120 Å². The van der Waals surface area contributed by atoms with E-state index in [4.69, 9.17) is 0 Å². The van der Waals surface area contributed by atoms with Gasteiger partial charge in [0.2, 0.25) is 0 Å². The van der Waals surface area contributed by atoms with Crippen molar-refractivity contribution < 1.29 is 0 Å². The van der Waals surface area contributed by atoms with Crippen molar-refractivity contribution >= 4 is 54.1 Å². The van der Waals surface area contributed by atoms with Crippen LogP contribution >= 0.6 is 0 Å². The van der Waals surface area contributed by atoms with Crippen LogP contribution in [-0.2, 0) is 6.67 Å². The number of fused-ring (bicyclic) bond motifs is 9. The van der Waals surface area contributed by atoms with Crippen LogP contribution in [0.4, 0.5) is 0 Å². The first kappa shape index (κ1) is 39.0. The van der Waals surface area contributed by atoms with Crippen LogP contribution in [0, 0.1) is 0 Å². The minimum absolute atomic E-state index is 0.282. The zero-order valence-corrected chi connectivity index (χ0v) is 31.6. The highest BCUT2D eigenvalue weighted by molar-refractivity contribution is 6.25. The van der Waals surface area contributed by atoms with Gasteiger partial charge in [-0.15, -0.1) is 0 Å². The van der Waals surface area contributed by atoms with Crippen LogP contribution < -0.4 is 0 Å². The summed E-state index contributed by atoms with van der Waals surface area (Å²) < 4.78 is 2.45. The fourth-order valence-electron chi connectivity index (χ4n) is 6.16. The number of hydrogen-bond acceptors (Lipinski definition) is 1. The average molecular weight is 629 g/mol. The molecule has 0 aliphatic carbocycles. The molecule has 7 aromatic rings. The Morgan fingerprint density at radius 2 is 0.787 bits per heavy atom. The number of nitrogens with zero attached hydrogens (tertiary/aromatic N) is 2. The topological polar surface area (TPSA) is 8.17 Å². The Morgan fingerprint density at radius 1 is 0.426 bits per heavy atom. The van der Waals surface area contributed by atoms with E-state index in [0.717, 1.165) is 6.67 Å². The van der Waals surface area contributed by atoms with Crippen molar-refractivity contribution in [3.63, 3.8) is 0 Å². The molecule has 1 heterocycles. The summed E-state index contributed by atoms with van der Waals surface area (Å²) in [6.07, 6.45) is 0. The van der Waals surface area contributed by atoms with Gasteiger partial charge in [0.05, 0.1) is 17.7 Å². The van der Waals surface area contributed by atoms with Gasteiger partial charge in [0.25, 0.3) is 0 Å². The molecule has 2 heteroatoms. The molecule has 2 nitrogen and oxygen atoms in total. The maximum atomic E-state index is 2.45. The lowest BCUT2D eigenvalue weighted by atomic mass is 9.88. The molecule has 0 aliphatic heterocycles. The monoisotopic (exact) mass is 628 g/mol. The van der Waals surface area contributed by atoms with Crippen molar-refractivity contribution in [1.29, 1.82) is 0 Å². The Morgan fingerprint density at radius 3 is 1.28 bits per heavy atom. The zero-order chi connectivity index (χ0) is 35.1. The van der Waals surface area contributed by atoms with E-state index in [0.29, 0.717) is 0 Å². The van der Waals surface area contributed by atoms with Crippen LogP contribution in [0.2, 0.25) is 0 Å². The molecule has 0 bridgehead atoms. The van der Waals surface area contributed by atoms with Gasteiger partial charge >= 0.3 is 0 Å². The summed E-state index contributed by atoms with van der Waals surface area (Å²) >= 11 is 0. The molecule has 47 heavy (non-hydrogen) atoms. The first-order chi connectivity index (χ1) is 23.1. The van der Waals surface area contributed by atoms with E-state index in [1.165, 1.54) is 65.3 Å². The van der Waals surface area contributed by atoms with Crippen molar-refractivity contribution in [2.75, 3.05) is 14.1 Å². The van der Waals surface area contributed by atoms with Gasteiger partial charge in [0.15, 0.2) is 0 Å². The van der Waals surface area contributed by atoms with Gasteiger partial charge in [-0.2, -0.15) is 0 Å². The summed E-state index contributed by atoms with van der Waals surface area (Å²) in [4.78, 5) is 2.24. The van der Waals surface area contributed by atoms with Crippen LogP contribution in [0.3, 0.4) is 0 Å². The SMILES string of the molecule is CC.CC.CC.CC.CC.CC(c1ccc2c3ccccc3c3ccccc3c2c1)c1ccc2c3ccccc3n(CN(C)C)c2c1. The highest BCUT2D eigenvalue weighted by Crippen LogP contribution is 2.38. The Kier molecular flexibility index (Phi) is 16.2. The molecule has 1 aromatic heterocycles. The molecule has 0 aliphatic rings. The van der Waals surface area contributed by atoms with Crippen molar-refractivity contribution in [3.8, 4) is 0 Å². The Labute approximate surface area is 286 Å². The van der Waals surface area contributed by atoms with Crippen LogP contribution in [0.1, 0.15) is 93.2 Å². The summed E-state index contributed by atoms with van der Waals surface area (Å²) in [6, 6.07) is 40.5. The lowest BCUT2D eigenvalue weighted by Gasteiger charge is -2.17. The standard InChI is InChI=1S/C35H30N2.5C2H6/c1-23(25-17-19-32-31-14-8-9-15-34(31)37(22-36(2)3)35(32)21-25)24-16-18-30-28-12-5-4-10-26(28)27-11-6-7-13-29(27)33(30)20-24;5*1-2/h4-21,23H,22H2,1-3H3;5*1-2H3. The minimum atomic E-state index is 0.282. The molecule has 0 saturated carbocycles. The predicted molar refractivity (Wildman–Crippen MR) is 216 cm³/mol. The van der Waals surface area contributed by atoms with Crippen molar-refractivity contribution in [1.82, 2.24) is 9.47 Å². The molecule has 0 saturated heterocycles. The maximum absolute atomic E-state index is 2.45. The summed E-state index contributed by atoms with van der Waals surface area (Å²) in [7, 11) is 4.27. The number of benzene rings is 6. The summed E-state index contributed by atoms with van der Waals surface area (Å²) in [5.74, 6) is 0.282. The van der Waals surface area contributed by atoms with Gasteiger partial charge in [-0.25, -0.2) is 0 Å².